The van der Waals surface area contributed by atoms with Gasteiger partial charge in [0.15, 0.2) is 23.2 Å². The molecule has 0 saturated heterocycles. The second-order valence-electron chi connectivity index (χ2n) is 14.4. The number of fused-ring (bicyclic) bond motifs is 8. The molecule has 11 rings (SSSR count). The van der Waals surface area contributed by atoms with Crippen molar-refractivity contribution in [1.82, 2.24) is 19.5 Å². The first kappa shape index (κ1) is 30.6. The van der Waals surface area contributed by atoms with E-state index in [2.05, 4.69) is 103 Å². The standard InChI is InChI=1S/C48H32N4O2/c1-48(2)36-22-13-21-33(47-50-45(29-15-5-3-6-16-29)49-46(51-47)30-17-7-4-8-18-30)43(36)54-44-37(48)23-14-25-39(44)52-38-24-11-9-19-31(38)34-27-35-32-20-10-12-26-41(32)53-42(35)28-40(34)52/h3-28H,1-2H3. The van der Waals surface area contributed by atoms with Crippen molar-refractivity contribution in [2.24, 2.45) is 0 Å². The van der Waals surface area contributed by atoms with Gasteiger partial charge in [-0.3, -0.25) is 0 Å². The van der Waals surface area contributed by atoms with Crippen LogP contribution in [0.3, 0.4) is 0 Å². The summed E-state index contributed by atoms with van der Waals surface area (Å²) in [5.74, 6) is 3.31. The summed E-state index contributed by atoms with van der Waals surface area (Å²) >= 11 is 0. The van der Waals surface area contributed by atoms with Crippen LogP contribution in [0.1, 0.15) is 25.0 Å². The average molecular weight is 697 g/mol. The first-order chi connectivity index (χ1) is 26.5. The Labute approximate surface area is 311 Å². The Morgan fingerprint density at radius 3 is 1.81 bits per heavy atom. The van der Waals surface area contributed by atoms with Gasteiger partial charge in [-0.05, 0) is 30.3 Å². The third kappa shape index (κ3) is 4.50. The minimum atomic E-state index is -0.406. The van der Waals surface area contributed by atoms with Crippen LogP contribution in [0.4, 0.5) is 0 Å². The predicted molar refractivity (Wildman–Crippen MR) is 216 cm³/mol. The molecule has 0 bridgehead atoms. The Bertz CT molecular complexity index is 3050. The number of rotatable bonds is 4. The van der Waals surface area contributed by atoms with E-state index in [1.54, 1.807) is 0 Å². The number of nitrogens with zero attached hydrogens (tertiary/aromatic N) is 4. The fourth-order valence-electron chi connectivity index (χ4n) is 8.24. The summed E-state index contributed by atoms with van der Waals surface area (Å²) in [5, 5.41) is 4.54. The van der Waals surface area contributed by atoms with Crippen LogP contribution in [0.5, 0.6) is 11.5 Å². The Balaban J connectivity index is 1.14. The molecule has 0 spiro atoms. The topological polar surface area (TPSA) is 66.0 Å². The largest absolute Gasteiger partial charge is 0.456 e. The molecule has 1 aliphatic heterocycles. The number of benzene rings is 7. The molecule has 0 fully saturated rings. The van der Waals surface area contributed by atoms with E-state index in [9.17, 15) is 0 Å². The Hall–Kier alpha value is -7.05. The Morgan fingerprint density at radius 1 is 0.463 bits per heavy atom. The van der Waals surface area contributed by atoms with Crippen LogP contribution in [0.15, 0.2) is 162 Å². The molecule has 6 heteroatoms. The first-order valence-corrected chi connectivity index (χ1v) is 18.2. The summed E-state index contributed by atoms with van der Waals surface area (Å²) in [7, 11) is 0. The Morgan fingerprint density at radius 2 is 1.07 bits per heavy atom. The van der Waals surface area contributed by atoms with E-state index in [4.69, 9.17) is 24.1 Å². The minimum absolute atomic E-state index is 0.406. The highest BCUT2D eigenvalue weighted by Crippen LogP contribution is 2.53. The molecule has 256 valence electrons. The van der Waals surface area contributed by atoms with Gasteiger partial charge in [0.05, 0.1) is 22.3 Å². The first-order valence-electron chi connectivity index (χ1n) is 18.2. The molecular weight excluding hydrogens is 665 g/mol. The molecule has 1 aliphatic rings. The number of hydrogen-bond donors (Lipinski definition) is 0. The average Bonchev–Trinajstić information content (AvgIpc) is 3.75. The van der Waals surface area contributed by atoms with Gasteiger partial charge >= 0.3 is 0 Å². The van der Waals surface area contributed by atoms with E-state index >= 15 is 0 Å². The molecular formula is C48H32N4O2. The van der Waals surface area contributed by atoms with Crippen molar-refractivity contribution in [3.63, 3.8) is 0 Å². The van der Waals surface area contributed by atoms with Crippen LogP contribution in [0.25, 0.3) is 83.6 Å². The van der Waals surface area contributed by atoms with Gasteiger partial charge in [-0.1, -0.05) is 135 Å². The molecule has 3 aromatic heterocycles. The number of hydrogen-bond acceptors (Lipinski definition) is 5. The maximum Gasteiger partial charge on any atom is 0.167 e. The molecule has 0 saturated carbocycles. The van der Waals surface area contributed by atoms with Gasteiger partial charge in [0, 0.05) is 55.3 Å². The fraction of sp³-hybridized carbons (Fsp3) is 0.0625. The van der Waals surface area contributed by atoms with Crippen LogP contribution >= 0.6 is 0 Å². The molecule has 0 radical (unpaired) electrons. The second kappa shape index (κ2) is 11.5. The number of para-hydroxylation sites is 4. The third-order valence-corrected chi connectivity index (χ3v) is 10.9. The predicted octanol–water partition coefficient (Wildman–Crippen LogP) is 12.3. The third-order valence-electron chi connectivity index (χ3n) is 10.9. The van der Waals surface area contributed by atoms with E-state index in [-0.39, 0.29) is 0 Å². The zero-order valence-electron chi connectivity index (χ0n) is 29.6. The van der Waals surface area contributed by atoms with Crippen molar-refractivity contribution in [2.45, 2.75) is 19.3 Å². The maximum atomic E-state index is 7.23. The summed E-state index contributed by atoms with van der Waals surface area (Å²) in [6.45, 7) is 4.53. The van der Waals surface area contributed by atoms with Crippen LogP contribution in [-0.4, -0.2) is 19.5 Å². The fourth-order valence-corrected chi connectivity index (χ4v) is 8.24. The van der Waals surface area contributed by atoms with E-state index in [1.807, 2.05) is 72.8 Å². The lowest BCUT2D eigenvalue weighted by Gasteiger charge is -2.36. The van der Waals surface area contributed by atoms with Crippen molar-refractivity contribution in [3.05, 3.63) is 169 Å². The van der Waals surface area contributed by atoms with Gasteiger partial charge in [-0.15, -0.1) is 0 Å². The van der Waals surface area contributed by atoms with E-state index in [1.165, 1.54) is 5.39 Å². The van der Waals surface area contributed by atoms with Crippen molar-refractivity contribution < 1.29 is 9.15 Å². The molecule has 0 unspecified atom stereocenters. The molecule has 7 aromatic carbocycles. The minimum Gasteiger partial charge on any atom is -0.456 e. The van der Waals surface area contributed by atoms with Gasteiger partial charge in [-0.2, -0.15) is 0 Å². The van der Waals surface area contributed by atoms with Crippen LogP contribution in [-0.2, 0) is 5.41 Å². The quantitative estimate of drug-likeness (QED) is 0.183. The lowest BCUT2D eigenvalue weighted by molar-refractivity contribution is 0.418. The summed E-state index contributed by atoms with van der Waals surface area (Å²) < 4.78 is 16.0. The molecule has 6 nitrogen and oxygen atoms in total. The summed E-state index contributed by atoms with van der Waals surface area (Å²) in [6.07, 6.45) is 0. The highest BCUT2D eigenvalue weighted by atomic mass is 16.5. The molecule has 0 N–H and O–H groups in total. The highest BCUT2D eigenvalue weighted by molar-refractivity contribution is 6.17. The van der Waals surface area contributed by atoms with Gasteiger partial charge in [0.25, 0.3) is 0 Å². The van der Waals surface area contributed by atoms with Crippen molar-refractivity contribution in [1.29, 1.82) is 0 Å². The van der Waals surface area contributed by atoms with Crippen LogP contribution in [0, 0.1) is 0 Å². The molecule has 0 amide bonds. The normalized spacial score (nSPS) is 13.3. The van der Waals surface area contributed by atoms with Crippen molar-refractivity contribution >= 4 is 43.7 Å². The SMILES string of the molecule is CC1(C)c2cccc(-c3nc(-c4ccccc4)nc(-c4ccccc4)n3)c2Oc2c(-n3c4ccccc4c4cc5c(cc43)oc3ccccc35)cccc21. The van der Waals surface area contributed by atoms with Gasteiger partial charge < -0.3 is 13.7 Å². The maximum absolute atomic E-state index is 7.23. The van der Waals surface area contributed by atoms with Gasteiger partial charge in [0.2, 0.25) is 0 Å². The van der Waals surface area contributed by atoms with Crippen molar-refractivity contribution in [3.8, 4) is 51.3 Å². The van der Waals surface area contributed by atoms with E-state index in [0.717, 1.165) is 83.4 Å². The summed E-state index contributed by atoms with van der Waals surface area (Å²) in [5.41, 5.74) is 9.24. The van der Waals surface area contributed by atoms with E-state index in [0.29, 0.717) is 17.5 Å². The molecule has 4 heterocycles. The molecule has 0 aliphatic carbocycles. The summed E-state index contributed by atoms with van der Waals surface area (Å²) in [6, 6.07) is 54.2. The molecule has 0 atom stereocenters. The van der Waals surface area contributed by atoms with Gasteiger partial charge in [0.1, 0.15) is 16.9 Å². The Kier molecular flexibility index (Phi) is 6.49. The lowest BCUT2D eigenvalue weighted by atomic mass is 9.75. The molecule has 10 aromatic rings. The number of aromatic nitrogens is 4. The smallest absolute Gasteiger partial charge is 0.167 e. The number of ether oxygens (including phenoxy) is 1. The zero-order chi connectivity index (χ0) is 36.0. The lowest BCUT2D eigenvalue weighted by Crippen LogP contribution is -2.25. The monoisotopic (exact) mass is 696 g/mol. The van der Waals surface area contributed by atoms with Gasteiger partial charge in [-0.25, -0.2) is 15.0 Å². The second-order valence-corrected chi connectivity index (χ2v) is 14.4. The van der Waals surface area contributed by atoms with E-state index < -0.39 is 5.41 Å². The number of furan rings is 1. The van der Waals surface area contributed by atoms with Crippen LogP contribution in [0.2, 0.25) is 0 Å². The molecule has 54 heavy (non-hydrogen) atoms. The zero-order valence-corrected chi connectivity index (χ0v) is 29.6. The van der Waals surface area contributed by atoms with Crippen LogP contribution < -0.4 is 4.74 Å². The van der Waals surface area contributed by atoms with Crippen molar-refractivity contribution in [2.75, 3.05) is 0 Å². The summed E-state index contributed by atoms with van der Waals surface area (Å²) in [4.78, 5) is 15.1. The highest BCUT2D eigenvalue weighted by Gasteiger charge is 2.38.